The van der Waals surface area contributed by atoms with Crippen molar-refractivity contribution >= 4 is 23.2 Å². The number of aromatic nitrogens is 1. The van der Waals surface area contributed by atoms with Crippen LogP contribution in [-0.4, -0.2) is 16.6 Å². The van der Waals surface area contributed by atoms with Crippen molar-refractivity contribution in [3.63, 3.8) is 0 Å². The predicted octanol–water partition coefficient (Wildman–Crippen LogP) is 1.52. The van der Waals surface area contributed by atoms with Crippen LogP contribution in [0.5, 0.6) is 0 Å². The highest BCUT2D eigenvalue weighted by atomic mass is 35.5. The Bertz CT molecular complexity index is 324. The quantitative estimate of drug-likeness (QED) is 0.545. The number of hydrogen-bond acceptors (Lipinski definition) is 3. The first-order chi connectivity index (χ1) is 6.13. The van der Waals surface area contributed by atoms with E-state index in [1.165, 1.54) is 13.1 Å². The van der Waals surface area contributed by atoms with Gasteiger partial charge in [0.25, 0.3) is 0 Å². The van der Waals surface area contributed by atoms with Gasteiger partial charge in [0.1, 0.15) is 5.38 Å². The maximum absolute atomic E-state index is 11.1. The highest BCUT2D eigenvalue weighted by Gasteiger charge is 2.21. The Kier molecular flexibility index (Phi) is 3.14. The molecular formula is C9H8ClNO2. The van der Waals surface area contributed by atoms with Crippen LogP contribution in [0.15, 0.2) is 24.5 Å². The van der Waals surface area contributed by atoms with Gasteiger partial charge in [0.05, 0.1) is 0 Å². The van der Waals surface area contributed by atoms with Crippen LogP contribution >= 0.6 is 11.6 Å². The minimum absolute atomic E-state index is 0.538. The van der Waals surface area contributed by atoms with Crippen LogP contribution < -0.4 is 0 Å². The molecular weight excluding hydrogens is 190 g/mol. The number of alkyl halides is 1. The average molecular weight is 198 g/mol. The Morgan fingerprint density at radius 2 is 2.23 bits per heavy atom. The topological polar surface area (TPSA) is 47.0 Å². The number of carbonyl (C=O) groups is 2. The third-order valence-electron chi connectivity index (χ3n) is 1.55. The maximum atomic E-state index is 11.1. The zero-order chi connectivity index (χ0) is 9.84. The van der Waals surface area contributed by atoms with Crippen molar-refractivity contribution in [1.29, 1.82) is 0 Å². The summed E-state index contributed by atoms with van der Waals surface area (Å²) in [5.74, 6) is -1.14. The molecule has 0 aromatic carbocycles. The summed E-state index contributed by atoms with van der Waals surface area (Å²) in [7, 11) is 0. The van der Waals surface area contributed by atoms with E-state index in [2.05, 4.69) is 4.98 Å². The fourth-order valence-corrected chi connectivity index (χ4v) is 1.14. The van der Waals surface area contributed by atoms with Crippen LogP contribution in [0.25, 0.3) is 0 Å². The van der Waals surface area contributed by atoms with Crippen LogP contribution in [0.2, 0.25) is 0 Å². The zero-order valence-electron chi connectivity index (χ0n) is 7.03. The number of ketones is 2. The van der Waals surface area contributed by atoms with Crippen molar-refractivity contribution in [2.24, 2.45) is 0 Å². The summed E-state index contributed by atoms with van der Waals surface area (Å²) in [5.41, 5.74) is 0.546. The molecule has 13 heavy (non-hydrogen) atoms. The third kappa shape index (κ3) is 2.36. The Morgan fingerprint density at radius 3 is 2.69 bits per heavy atom. The van der Waals surface area contributed by atoms with E-state index in [0.717, 1.165) is 0 Å². The zero-order valence-corrected chi connectivity index (χ0v) is 7.78. The van der Waals surface area contributed by atoms with Crippen molar-refractivity contribution in [2.45, 2.75) is 12.3 Å². The Labute approximate surface area is 80.7 Å². The third-order valence-corrected chi connectivity index (χ3v) is 2.00. The molecule has 1 aromatic rings. The molecule has 4 heteroatoms. The van der Waals surface area contributed by atoms with Crippen molar-refractivity contribution in [3.05, 3.63) is 30.1 Å². The standard InChI is InChI=1S/C9H8ClNO2/c1-6(12)9(13)8(10)7-3-2-4-11-5-7/h2-5,8H,1H3. The number of pyridine rings is 1. The fourth-order valence-electron chi connectivity index (χ4n) is 0.856. The van der Waals surface area contributed by atoms with Crippen molar-refractivity contribution < 1.29 is 9.59 Å². The summed E-state index contributed by atoms with van der Waals surface area (Å²) < 4.78 is 0. The van der Waals surface area contributed by atoms with E-state index in [-0.39, 0.29) is 0 Å². The molecule has 0 N–H and O–H groups in total. The molecule has 0 saturated carbocycles. The number of carbonyl (C=O) groups excluding carboxylic acids is 2. The molecule has 1 aromatic heterocycles. The molecule has 0 fully saturated rings. The van der Waals surface area contributed by atoms with Crippen LogP contribution in [0.3, 0.4) is 0 Å². The SMILES string of the molecule is CC(=O)C(=O)C(Cl)c1cccnc1. The van der Waals surface area contributed by atoms with Crippen LogP contribution in [0.1, 0.15) is 17.9 Å². The summed E-state index contributed by atoms with van der Waals surface area (Å²) in [6.45, 7) is 1.20. The number of nitrogens with zero attached hydrogens (tertiary/aromatic N) is 1. The van der Waals surface area contributed by atoms with Gasteiger partial charge in [-0.05, 0) is 11.6 Å². The predicted molar refractivity (Wildman–Crippen MR) is 48.5 cm³/mol. The first kappa shape index (κ1) is 9.86. The molecule has 68 valence electrons. The van der Waals surface area contributed by atoms with Gasteiger partial charge in [-0.25, -0.2) is 0 Å². The summed E-state index contributed by atoms with van der Waals surface area (Å²) in [4.78, 5) is 25.6. The van der Waals surface area contributed by atoms with Crippen molar-refractivity contribution in [1.82, 2.24) is 4.98 Å². The van der Waals surface area contributed by atoms with Gasteiger partial charge in [-0.15, -0.1) is 11.6 Å². The molecule has 0 aliphatic rings. The van der Waals surface area contributed by atoms with E-state index < -0.39 is 16.9 Å². The lowest BCUT2D eigenvalue weighted by molar-refractivity contribution is -0.135. The number of rotatable bonds is 3. The van der Waals surface area contributed by atoms with Gasteiger partial charge >= 0.3 is 0 Å². The molecule has 0 amide bonds. The van der Waals surface area contributed by atoms with Gasteiger partial charge in [0.15, 0.2) is 5.78 Å². The highest BCUT2D eigenvalue weighted by Crippen LogP contribution is 2.20. The van der Waals surface area contributed by atoms with Gasteiger partial charge < -0.3 is 0 Å². The Morgan fingerprint density at radius 1 is 1.54 bits per heavy atom. The number of Topliss-reactive ketones (excluding diaryl/α,β-unsaturated/α-hetero) is 2. The molecule has 1 atom stereocenters. The monoisotopic (exact) mass is 197 g/mol. The van der Waals surface area contributed by atoms with Crippen LogP contribution in [0, 0.1) is 0 Å². The smallest absolute Gasteiger partial charge is 0.220 e. The maximum Gasteiger partial charge on any atom is 0.220 e. The summed E-state index contributed by atoms with van der Waals surface area (Å²) in [6.07, 6.45) is 3.05. The molecule has 0 bridgehead atoms. The Balaban J connectivity index is 2.86. The van der Waals surface area contributed by atoms with E-state index >= 15 is 0 Å². The molecule has 0 aliphatic carbocycles. The molecule has 1 unspecified atom stereocenters. The van der Waals surface area contributed by atoms with Crippen LogP contribution in [0.4, 0.5) is 0 Å². The number of hydrogen-bond donors (Lipinski definition) is 0. The second-order valence-corrected chi connectivity index (χ2v) is 3.01. The lowest BCUT2D eigenvalue weighted by atomic mass is 10.1. The fraction of sp³-hybridized carbons (Fsp3) is 0.222. The normalized spacial score (nSPS) is 12.2. The van der Waals surface area contributed by atoms with E-state index in [1.807, 2.05) is 0 Å². The van der Waals surface area contributed by atoms with Gasteiger partial charge in [0.2, 0.25) is 5.78 Å². The van der Waals surface area contributed by atoms with Gasteiger partial charge in [0, 0.05) is 19.3 Å². The van der Waals surface area contributed by atoms with Crippen molar-refractivity contribution in [3.8, 4) is 0 Å². The summed E-state index contributed by atoms with van der Waals surface area (Å²) in [5, 5.41) is -0.911. The molecule has 0 spiro atoms. The number of halogens is 1. The molecule has 1 heterocycles. The van der Waals surface area contributed by atoms with Gasteiger partial charge in [-0.3, -0.25) is 14.6 Å². The second kappa shape index (κ2) is 4.14. The average Bonchev–Trinajstić information content (AvgIpc) is 2.17. The van der Waals surface area contributed by atoms with E-state index in [4.69, 9.17) is 11.6 Å². The van der Waals surface area contributed by atoms with Crippen LogP contribution in [-0.2, 0) is 9.59 Å². The minimum atomic E-state index is -0.911. The molecule has 3 nitrogen and oxygen atoms in total. The highest BCUT2D eigenvalue weighted by molar-refractivity contribution is 6.48. The van der Waals surface area contributed by atoms with E-state index in [0.29, 0.717) is 5.56 Å². The summed E-state index contributed by atoms with van der Waals surface area (Å²) >= 11 is 5.74. The first-order valence-electron chi connectivity index (χ1n) is 3.71. The van der Waals surface area contributed by atoms with Crippen molar-refractivity contribution in [2.75, 3.05) is 0 Å². The lowest BCUT2D eigenvalue weighted by Crippen LogP contribution is -2.15. The lowest BCUT2D eigenvalue weighted by Gasteiger charge is -2.04. The van der Waals surface area contributed by atoms with E-state index in [1.54, 1.807) is 18.3 Å². The largest absolute Gasteiger partial charge is 0.291 e. The molecule has 0 saturated heterocycles. The first-order valence-corrected chi connectivity index (χ1v) is 4.15. The van der Waals surface area contributed by atoms with Gasteiger partial charge in [-0.2, -0.15) is 0 Å². The Hall–Kier alpha value is -1.22. The van der Waals surface area contributed by atoms with E-state index in [9.17, 15) is 9.59 Å². The molecule has 0 aliphatic heterocycles. The molecule has 1 rings (SSSR count). The van der Waals surface area contributed by atoms with Gasteiger partial charge in [-0.1, -0.05) is 6.07 Å². The second-order valence-electron chi connectivity index (χ2n) is 2.57. The molecule has 0 radical (unpaired) electrons. The summed E-state index contributed by atoms with van der Waals surface area (Å²) in [6, 6.07) is 3.32. The minimum Gasteiger partial charge on any atom is -0.291 e.